The molecule has 0 radical (unpaired) electrons. The van der Waals surface area contributed by atoms with Crippen LogP contribution in [0, 0.1) is 0 Å². The first-order valence-electron chi connectivity index (χ1n) is 5.15. The molecule has 4 heteroatoms. The first kappa shape index (κ1) is 11.2. The summed E-state index contributed by atoms with van der Waals surface area (Å²) in [5.41, 5.74) is 1.67. The second kappa shape index (κ2) is 3.93. The molecule has 2 rings (SSSR count). The van der Waals surface area contributed by atoms with Crippen LogP contribution in [0.2, 0.25) is 5.02 Å². The van der Waals surface area contributed by atoms with E-state index in [1.165, 1.54) is 0 Å². The fourth-order valence-corrected chi connectivity index (χ4v) is 2.10. The second-order valence-electron chi connectivity index (χ2n) is 4.30. The van der Waals surface area contributed by atoms with Crippen LogP contribution in [0.3, 0.4) is 0 Å². The number of nitrogens with zero attached hydrogens (tertiary/aromatic N) is 2. The maximum Gasteiger partial charge on any atom is 0.235 e. The smallest absolute Gasteiger partial charge is 0.235 e. The van der Waals surface area contributed by atoms with Crippen molar-refractivity contribution in [1.82, 2.24) is 0 Å². The van der Waals surface area contributed by atoms with Crippen molar-refractivity contribution in [2.24, 2.45) is 4.99 Å². The molecule has 1 aliphatic rings. The predicted octanol–water partition coefficient (Wildman–Crippen LogP) is 2.73. The molecule has 3 nitrogen and oxygen atoms in total. The molecule has 1 aliphatic carbocycles. The molecule has 1 aromatic rings. The van der Waals surface area contributed by atoms with Crippen LogP contribution in [0.1, 0.15) is 18.4 Å². The Morgan fingerprint density at radius 3 is 2.62 bits per heavy atom. The lowest BCUT2D eigenvalue weighted by atomic mass is 10.0. The van der Waals surface area contributed by atoms with Crippen molar-refractivity contribution in [1.29, 1.82) is 0 Å². The number of hydrogen-bond donors (Lipinski definition) is 0. The summed E-state index contributed by atoms with van der Waals surface area (Å²) in [7, 11) is 3.88. The Morgan fingerprint density at radius 1 is 1.44 bits per heavy atom. The van der Waals surface area contributed by atoms with E-state index >= 15 is 0 Å². The highest BCUT2D eigenvalue weighted by Crippen LogP contribution is 2.50. The van der Waals surface area contributed by atoms with E-state index in [0.29, 0.717) is 5.02 Å². The van der Waals surface area contributed by atoms with Gasteiger partial charge >= 0.3 is 0 Å². The van der Waals surface area contributed by atoms with Crippen molar-refractivity contribution in [2.75, 3.05) is 19.0 Å². The Labute approximate surface area is 99.7 Å². The molecule has 1 saturated carbocycles. The molecule has 0 heterocycles. The number of hydrogen-bond acceptors (Lipinski definition) is 3. The lowest BCUT2D eigenvalue weighted by Crippen LogP contribution is -2.11. The molecule has 16 heavy (non-hydrogen) atoms. The van der Waals surface area contributed by atoms with Gasteiger partial charge in [0.1, 0.15) is 0 Å². The molecular weight excluding hydrogens is 224 g/mol. The first-order chi connectivity index (χ1) is 7.59. The van der Waals surface area contributed by atoms with Gasteiger partial charge in [-0.25, -0.2) is 4.79 Å². The van der Waals surface area contributed by atoms with Crippen LogP contribution in [0.15, 0.2) is 23.2 Å². The monoisotopic (exact) mass is 236 g/mol. The summed E-state index contributed by atoms with van der Waals surface area (Å²) in [6.45, 7) is 0. The number of anilines is 1. The minimum atomic E-state index is -0.322. The fraction of sp³-hybridized carbons (Fsp3) is 0.417. The van der Waals surface area contributed by atoms with Gasteiger partial charge in [0.2, 0.25) is 6.08 Å². The van der Waals surface area contributed by atoms with Crippen LogP contribution in [0.5, 0.6) is 0 Å². The molecule has 1 fully saturated rings. The molecule has 0 amide bonds. The molecule has 84 valence electrons. The zero-order valence-corrected chi connectivity index (χ0v) is 10.1. The largest absolute Gasteiger partial charge is 0.376 e. The molecule has 0 spiro atoms. The molecule has 0 unspecified atom stereocenters. The van der Waals surface area contributed by atoms with E-state index in [1.807, 2.05) is 37.2 Å². The van der Waals surface area contributed by atoms with Gasteiger partial charge in [0.15, 0.2) is 0 Å². The van der Waals surface area contributed by atoms with Gasteiger partial charge in [0, 0.05) is 14.1 Å². The van der Waals surface area contributed by atoms with E-state index in [0.717, 1.165) is 24.1 Å². The molecule has 0 atom stereocenters. The number of halogens is 1. The van der Waals surface area contributed by atoms with E-state index < -0.39 is 0 Å². The molecular formula is C12H13ClN2O. The Balaban J connectivity index is 2.44. The highest BCUT2D eigenvalue weighted by Gasteiger charge is 2.45. The van der Waals surface area contributed by atoms with E-state index in [1.54, 1.807) is 6.08 Å². The normalized spacial score (nSPS) is 16.4. The number of isocyanates is 1. The highest BCUT2D eigenvalue weighted by molar-refractivity contribution is 6.33. The van der Waals surface area contributed by atoms with Crippen molar-refractivity contribution in [3.8, 4) is 0 Å². The van der Waals surface area contributed by atoms with Crippen LogP contribution in [0.4, 0.5) is 5.69 Å². The predicted molar refractivity (Wildman–Crippen MR) is 64.8 cm³/mol. The lowest BCUT2D eigenvalue weighted by molar-refractivity contribution is 0.556. The molecule has 0 bridgehead atoms. The van der Waals surface area contributed by atoms with Gasteiger partial charge in [-0.3, -0.25) is 0 Å². The van der Waals surface area contributed by atoms with Gasteiger partial charge in [-0.2, -0.15) is 4.99 Å². The molecule has 1 aromatic carbocycles. The fourth-order valence-electron chi connectivity index (χ4n) is 1.82. The van der Waals surface area contributed by atoms with Crippen molar-refractivity contribution >= 4 is 23.4 Å². The second-order valence-corrected chi connectivity index (χ2v) is 4.70. The third-order valence-electron chi connectivity index (χ3n) is 2.95. The Morgan fingerprint density at radius 2 is 2.12 bits per heavy atom. The maximum absolute atomic E-state index is 10.4. The standard InChI is InChI=1S/C12H13ClN2O/c1-15(2)11-7-9(3-4-10(11)13)12(5-6-12)14-8-16/h3-4,7H,5-6H2,1-2H3. The zero-order valence-electron chi connectivity index (χ0n) is 9.33. The Kier molecular flexibility index (Phi) is 2.75. The van der Waals surface area contributed by atoms with Crippen molar-refractivity contribution < 1.29 is 4.79 Å². The summed E-state index contributed by atoms with van der Waals surface area (Å²) < 4.78 is 0. The molecule has 0 aliphatic heterocycles. The van der Waals surface area contributed by atoms with E-state index in [2.05, 4.69) is 4.99 Å². The first-order valence-corrected chi connectivity index (χ1v) is 5.53. The average Bonchev–Trinajstić information content (AvgIpc) is 2.99. The summed E-state index contributed by atoms with van der Waals surface area (Å²) in [5.74, 6) is 0. The van der Waals surface area contributed by atoms with Gasteiger partial charge in [-0.1, -0.05) is 17.7 Å². The quantitative estimate of drug-likeness (QED) is 0.597. The Hall–Kier alpha value is -1.31. The minimum absolute atomic E-state index is 0.322. The van der Waals surface area contributed by atoms with Crippen LogP contribution >= 0.6 is 11.6 Å². The van der Waals surface area contributed by atoms with Crippen LogP contribution < -0.4 is 4.90 Å². The number of carbonyl (C=O) groups excluding carboxylic acids is 1. The number of rotatable bonds is 3. The van der Waals surface area contributed by atoms with E-state index in [9.17, 15) is 4.79 Å². The third kappa shape index (κ3) is 1.84. The van der Waals surface area contributed by atoms with Crippen LogP contribution in [-0.2, 0) is 10.3 Å². The van der Waals surface area contributed by atoms with Crippen LogP contribution in [-0.4, -0.2) is 20.2 Å². The van der Waals surface area contributed by atoms with Gasteiger partial charge in [0.05, 0.1) is 16.2 Å². The van der Waals surface area contributed by atoms with E-state index in [-0.39, 0.29) is 5.54 Å². The summed E-state index contributed by atoms with van der Waals surface area (Å²) in [6, 6.07) is 5.78. The highest BCUT2D eigenvalue weighted by atomic mass is 35.5. The van der Waals surface area contributed by atoms with E-state index in [4.69, 9.17) is 11.6 Å². The number of benzene rings is 1. The minimum Gasteiger partial charge on any atom is -0.376 e. The van der Waals surface area contributed by atoms with Gasteiger partial charge in [-0.15, -0.1) is 0 Å². The Bertz CT molecular complexity index is 460. The number of aliphatic imine (C=N–C) groups is 1. The van der Waals surface area contributed by atoms with Gasteiger partial charge in [-0.05, 0) is 30.5 Å². The lowest BCUT2D eigenvalue weighted by Gasteiger charge is -2.17. The van der Waals surface area contributed by atoms with Crippen molar-refractivity contribution in [2.45, 2.75) is 18.4 Å². The van der Waals surface area contributed by atoms with Crippen molar-refractivity contribution in [3.05, 3.63) is 28.8 Å². The summed E-state index contributed by atoms with van der Waals surface area (Å²) >= 11 is 6.09. The van der Waals surface area contributed by atoms with Crippen molar-refractivity contribution in [3.63, 3.8) is 0 Å². The summed E-state index contributed by atoms with van der Waals surface area (Å²) in [4.78, 5) is 16.2. The van der Waals surface area contributed by atoms with Crippen LogP contribution in [0.25, 0.3) is 0 Å². The van der Waals surface area contributed by atoms with Gasteiger partial charge in [0.25, 0.3) is 0 Å². The molecule has 0 saturated heterocycles. The molecule has 0 aromatic heterocycles. The SMILES string of the molecule is CN(C)c1cc(C2(N=C=O)CC2)ccc1Cl. The summed E-state index contributed by atoms with van der Waals surface area (Å²) in [6.07, 6.45) is 3.49. The topological polar surface area (TPSA) is 32.7 Å². The molecule has 0 N–H and O–H groups in total. The zero-order chi connectivity index (χ0) is 11.8. The summed E-state index contributed by atoms with van der Waals surface area (Å²) in [5, 5.41) is 0.708. The third-order valence-corrected chi connectivity index (χ3v) is 3.27. The van der Waals surface area contributed by atoms with Gasteiger partial charge < -0.3 is 4.90 Å². The average molecular weight is 237 g/mol. The maximum atomic E-state index is 10.4.